The molecule has 0 aliphatic heterocycles. The second-order valence-electron chi connectivity index (χ2n) is 4.10. The minimum atomic E-state index is -1.10. The van der Waals surface area contributed by atoms with Gasteiger partial charge < -0.3 is 20.7 Å². The molecule has 2 heterocycles. The van der Waals surface area contributed by atoms with Crippen LogP contribution in [-0.2, 0) is 6.54 Å². The monoisotopic (exact) mass is 328 g/mol. The van der Waals surface area contributed by atoms with Crippen LogP contribution < -0.4 is 15.5 Å². The number of carboxylic acid groups (broad SMARTS) is 1. The number of H-pyrrole nitrogens is 1. The highest BCUT2D eigenvalue weighted by molar-refractivity contribution is 7.09. The average molecular weight is 328 g/mol. The number of aromatic carboxylic acids is 1. The third kappa shape index (κ3) is 4.13. The Morgan fingerprint density at radius 2 is 2.19 bits per heavy atom. The zero-order valence-corrected chi connectivity index (χ0v) is 12.5. The molecule has 2 amide bonds. The summed E-state index contributed by atoms with van der Waals surface area (Å²) in [6.45, 7) is 1.91. The van der Waals surface area contributed by atoms with Crippen LogP contribution in [0, 0.1) is 0 Å². The minimum absolute atomic E-state index is 0.0418. The van der Waals surface area contributed by atoms with Gasteiger partial charge in [0, 0.05) is 16.5 Å². The Bertz CT molecular complexity index is 705. The fraction of sp³-hybridized carbons (Fsp3) is 0.273. The second-order valence-corrected chi connectivity index (χ2v) is 5.83. The van der Waals surface area contributed by atoms with Crippen LogP contribution in [0.2, 0.25) is 0 Å². The highest BCUT2D eigenvalue weighted by atomic mass is 32.1. The molecule has 0 aliphatic carbocycles. The maximum atomic E-state index is 11.7. The zero-order chi connectivity index (χ0) is 15.4. The normalized spacial score (nSPS) is 11.9. The van der Waals surface area contributed by atoms with Crippen LogP contribution in [0.1, 0.15) is 34.2 Å². The molecule has 2 aromatic heterocycles. The van der Waals surface area contributed by atoms with Crippen LogP contribution in [-0.4, -0.2) is 27.1 Å². The van der Waals surface area contributed by atoms with Crippen molar-refractivity contribution in [2.45, 2.75) is 19.5 Å². The fourth-order valence-corrected chi connectivity index (χ4v) is 2.85. The first kappa shape index (κ1) is 15.2. The SMILES string of the molecule is CC(NC(=O)NCc1csc(=O)[nH]1)c1nc(C(=O)O)cs1. The molecule has 112 valence electrons. The molecule has 0 bridgehead atoms. The number of carbonyl (C=O) groups excluding carboxylic acids is 1. The molecule has 0 saturated heterocycles. The number of nitrogens with zero attached hydrogens (tertiary/aromatic N) is 1. The molecule has 21 heavy (non-hydrogen) atoms. The average Bonchev–Trinajstić information content (AvgIpc) is 3.05. The summed E-state index contributed by atoms with van der Waals surface area (Å²) >= 11 is 2.19. The van der Waals surface area contributed by atoms with E-state index in [-0.39, 0.29) is 17.1 Å². The van der Waals surface area contributed by atoms with Crippen molar-refractivity contribution in [3.05, 3.63) is 36.8 Å². The quantitative estimate of drug-likeness (QED) is 0.655. The molecule has 0 aromatic carbocycles. The van der Waals surface area contributed by atoms with Gasteiger partial charge in [0.2, 0.25) is 0 Å². The van der Waals surface area contributed by atoms with E-state index in [1.807, 2.05) is 0 Å². The molecule has 0 fully saturated rings. The van der Waals surface area contributed by atoms with E-state index >= 15 is 0 Å². The summed E-state index contributed by atoms with van der Waals surface area (Å²) in [6.07, 6.45) is 0. The summed E-state index contributed by atoms with van der Waals surface area (Å²) in [5.41, 5.74) is 0.579. The Balaban J connectivity index is 1.86. The molecule has 0 aliphatic rings. The molecule has 0 spiro atoms. The number of urea groups is 1. The Labute approximate surface area is 126 Å². The number of hydrogen-bond donors (Lipinski definition) is 4. The van der Waals surface area contributed by atoms with E-state index < -0.39 is 18.0 Å². The van der Waals surface area contributed by atoms with Crippen molar-refractivity contribution in [1.82, 2.24) is 20.6 Å². The molecule has 0 saturated carbocycles. The highest BCUT2D eigenvalue weighted by Crippen LogP contribution is 2.17. The lowest BCUT2D eigenvalue weighted by Gasteiger charge is -2.11. The van der Waals surface area contributed by atoms with Crippen molar-refractivity contribution < 1.29 is 14.7 Å². The number of hydrogen-bond acceptors (Lipinski definition) is 6. The van der Waals surface area contributed by atoms with E-state index in [4.69, 9.17) is 5.11 Å². The third-order valence-electron chi connectivity index (χ3n) is 2.47. The predicted octanol–water partition coefficient (Wildman–Crippen LogP) is 1.15. The van der Waals surface area contributed by atoms with Crippen molar-refractivity contribution in [1.29, 1.82) is 0 Å². The summed E-state index contributed by atoms with van der Waals surface area (Å²) < 4.78 is 0. The number of rotatable bonds is 5. The van der Waals surface area contributed by atoms with Crippen molar-refractivity contribution in [3.8, 4) is 0 Å². The van der Waals surface area contributed by atoms with Crippen LogP contribution in [0.5, 0.6) is 0 Å². The van der Waals surface area contributed by atoms with Gasteiger partial charge in [0.1, 0.15) is 5.01 Å². The lowest BCUT2D eigenvalue weighted by molar-refractivity contribution is 0.0691. The smallest absolute Gasteiger partial charge is 0.355 e. The number of amides is 2. The summed E-state index contributed by atoms with van der Waals surface area (Å²) in [6, 6.07) is -0.841. The van der Waals surface area contributed by atoms with Gasteiger partial charge in [-0.25, -0.2) is 14.6 Å². The Morgan fingerprint density at radius 3 is 2.76 bits per heavy atom. The van der Waals surface area contributed by atoms with E-state index in [1.165, 1.54) is 16.7 Å². The van der Waals surface area contributed by atoms with E-state index in [0.29, 0.717) is 10.7 Å². The summed E-state index contributed by atoms with van der Waals surface area (Å²) in [5.74, 6) is -1.10. The van der Waals surface area contributed by atoms with E-state index in [0.717, 1.165) is 11.3 Å². The van der Waals surface area contributed by atoms with E-state index in [1.54, 1.807) is 12.3 Å². The molecule has 0 radical (unpaired) electrons. The predicted molar refractivity (Wildman–Crippen MR) is 77.8 cm³/mol. The molecule has 2 aromatic rings. The lowest BCUT2D eigenvalue weighted by Crippen LogP contribution is -2.36. The molecule has 10 heteroatoms. The summed E-state index contributed by atoms with van der Waals surface area (Å²) in [5, 5.41) is 17.6. The van der Waals surface area contributed by atoms with Crippen LogP contribution in [0.15, 0.2) is 15.6 Å². The highest BCUT2D eigenvalue weighted by Gasteiger charge is 2.15. The number of carboxylic acids is 1. The number of thiazole rings is 2. The molecule has 8 nitrogen and oxygen atoms in total. The summed E-state index contributed by atoms with van der Waals surface area (Å²) in [7, 11) is 0. The molecule has 4 N–H and O–H groups in total. The maximum absolute atomic E-state index is 11.7. The van der Waals surface area contributed by atoms with Crippen LogP contribution in [0.3, 0.4) is 0 Å². The van der Waals surface area contributed by atoms with Gasteiger partial charge in [-0.15, -0.1) is 11.3 Å². The van der Waals surface area contributed by atoms with Crippen molar-refractivity contribution in [2.24, 2.45) is 0 Å². The number of aromatic nitrogens is 2. The first-order valence-corrected chi connectivity index (χ1v) is 7.61. The van der Waals surface area contributed by atoms with Gasteiger partial charge in [-0.1, -0.05) is 11.3 Å². The molecular weight excluding hydrogens is 316 g/mol. The third-order valence-corrected chi connectivity index (χ3v) is 4.22. The van der Waals surface area contributed by atoms with Crippen LogP contribution in [0.4, 0.5) is 4.79 Å². The van der Waals surface area contributed by atoms with Gasteiger partial charge in [0.15, 0.2) is 5.69 Å². The van der Waals surface area contributed by atoms with Gasteiger partial charge in [-0.3, -0.25) is 4.79 Å². The number of carbonyl (C=O) groups is 2. The first-order chi connectivity index (χ1) is 9.95. The van der Waals surface area contributed by atoms with Crippen molar-refractivity contribution in [3.63, 3.8) is 0 Å². The lowest BCUT2D eigenvalue weighted by atomic mass is 10.3. The fourth-order valence-electron chi connectivity index (χ4n) is 1.47. The molecule has 2 rings (SSSR count). The second kappa shape index (κ2) is 6.50. The Morgan fingerprint density at radius 1 is 1.43 bits per heavy atom. The molecule has 1 atom stereocenters. The van der Waals surface area contributed by atoms with Gasteiger partial charge in [0.05, 0.1) is 12.6 Å². The number of aromatic amines is 1. The minimum Gasteiger partial charge on any atom is -0.476 e. The first-order valence-electron chi connectivity index (χ1n) is 5.85. The van der Waals surface area contributed by atoms with E-state index in [2.05, 4.69) is 20.6 Å². The van der Waals surface area contributed by atoms with Crippen LogP contribution in [0.25, 0.3) is 0 Å². The van der Waals surface area contributed by atoms with Gasteiger partial charge in [-0.2, -0.15) is 0 Å². The summed E-state index contributed by atoms with van der Waals surface area (Å²) in [4.78, 5) is 39.7. The number of nitrogens with one attached hydrogen (secondary N) is 3. The topological polar surface area (TPSA) is 124 Å². The van der Waals surface area contributed by atoms with Gasteiger partial charge in [-0.05, 0) is 6.92 Å². The zero-order valence-electron chi connectivity index (χ0n) is 10.9. The molecular formula is C11H12N4O4S2. The van der Waals surface area contributed by atoms with Gasteiger partial charge >= 0.3 is 16.9 Å². The molecule has 1 unspecified atom stereocenters. The van der Waals surface area contributed by atoms with E-state index in [9.17, 15) is 14.4 Å². The van der Waals surface area contributed by atoms with Crippen molar-refractivity contribution in [2.75, 3.05) is 0 Å². The van der Waals surface area contributed by atoms with Gasteiger partial charge in [0.25, 0.3) is 0 Å². The van der Waals surface area contributed by atoms with Crippen LogP contribution >= 0.6 is 22.7 Å². The Kier molecular flexibility index (Phi) is 4.70. The maximum Gasteiger partial charge on any atom is 0.355 e. The standard InChI is InChI=1S/C11H12N4O4S2/c1-5(8-15-7(4-20-8)9(16)17)13-10(18)12-2-6-3-21-11(19)14-6/h3-5H,2H2,1H3,(H,14,19)(H,16,17)(H2,12,13,18). The largest absolute Gasteiger partial charge is 0.476 e. The van der Waals surface area contributed by atoms with Crippen molar-refractivity contribution >= 4 is 34.7 Å². The Hall–Kier alpha value is -2.20.